The molecule has 0 aromatic carbocycles. The van der Waals surface area contributed by atoms with E-state index in [0.717, 1.165) is 0 Å². The van der Waals surface area contributed by atoms with Crippen LogP contribution in [0.3, 0.4) is 0 Å². The molecule has 0 N–H and O–H groups in total. The van der Waals surface area contributed by atoms with E-state index in [1.807, 2.05) is 0 Å². The van der Waals surface area contributed by atoms with Gasteiger partial charge in [-0.1, -0.05) is 13.3 Å². The lowest BCUT2D eigenvalue weighted by Crippen LogP contribution is -1.99. The standard InChI is InChI=1S/C6H12O2/c1-3-4-5-8-6(2)7/h3-5H2,1-2H3/i1D3. The summed E-state index contributed by atoms with van der Waals surface area (Å²) in [6.07, 6.45) is 0.496. The maximum Gasteiger partial charge on any atom is 0.302 e. The summed E-state index contributed by atoms with van der Waals surface area (Å²) in [5.41, 5.74) is 0. The second-order valence-corrected chi connectivity index (χ2v) is 1.44. The van der Waals surface area contributed by atoms with Crippen LogP contribution in [-0.4, -0.2) is 12.6 Å². The first-order valence-electron chi connectivity index (χ1n) is 4.05. The monoisotopic (exact) mass is 119 g/mol. The summed E-state index contributed by atoms with van der Waals surface area (Å²) in [6.45, 7) is -0.400. The first-order valence-corrected chi connectivity index (χ1v) is 2.55. The summed E-state index contributed by atoms with van der Waals surface area (Å²) < 4.78 is 25.0. The van der Waals surface area contributed by atoms with Gasteiger partial charge >= 0.3 is 5.97 Å². The lowest BCUT2D eigenvalue weighted by Gasteiger charge is -1.96. The molecule has 0 rings (SSSR count). The number of hydrogen-bond acceptors (Lipinski definition) is 2. The van der Waals surface area contributed by atoms with Crippen LogP contribution >= 0.6 is 0 Å². The number of hydrogen-bond donors (Lipinski definition) is 0. The molecule has 2 heteroatoms. The molecule has 48 valence electrons. The Balaban J connectivity index is 3.22. The van der Waals surface area contributed by atoms with E-state index < -0.39 is 6.85 Å². The van der Waals surface area contributed by atoms with Crippen molar-refractivity contribution in [1.29, 1.82) is 0 Å². The zero-order valence-electron chi connectivity index (χ0n) is 7.94. The average Bonchev–Trinajstić information content (AvgIpc) is 1.78. The Kier molecular flexibility index (Phi) is 2.02. The summed E-state index contributed by atoms with van der Waals surface area (Å²) in [5, 5.41) is 0. The van der Waals surface area contributed by atoms with Gasteiger partial charge in [-0.25, -0.2) is 0 Å². The first-order chi connectivity index (χ1) is 4.92. The number of rotatable bonds is 3. The van der Waals surface area contributed by atoms with Crippen molar-refractivity contribution in [3.05, 3.63) is 0 Å². The van der Waals surface area contributed by atoms with E-state index in [2.05, 4.69) is 4.74 Å². The third kappa shape index (κ3) is 5.47. The molecule has 0 aliphatic carbocycles. The van der Waals surface area contributed by atoms with Crippen molar-refractivity contribution in [2.24, 2.45) is 0 Å². The molecule has 0 aliphatic rings. The van der Waals surface area contributed by atoms with Crippen molar-refractivity contribution in [2.75, 3.05) is 6.61 Å². The Morgan fingerprint density at radius 2 is 2.62 bits per heavy atom. The smallest absolute Gasteiger partial charge is 0.302 e. The highest BCUT2D eigenvalue weighted by Gasteiger charge is 1.88. The SMILES string of the molecule is [2H]C([2H])([2H])CCCOC(C)=O. The van der Waals surface area contributed by atoms with Crippen molar-refractivity contribution < 1.29 is 13.6 Å². The quantitative estimate of drug-likeness (QED) is 0.414. The highest BCUT2D eigenvalue weighted by atomic mass is 16.5. The Hall–Kier alpha value is -0.530. The number of ether oxygens (including phenoxy) is 1. The summed E-state index contributed by atoms with van der Waals surface area (Å²) in [5.74, 6) is -0.365. The highest BCUT2D eigenvalue weighted by Crippen LogP contribution is 1.86. The molecule has 0 fully saturated rings. The van der Waals surface area contributed by atoms with Gasteiger partial charge in [0.15, 0.2) is 0 Å². The van der Waals surface area contributed by atoms with Gasteiger partial charge in [0.2, 0.25) is 0 Å². The normalized spacial score (nSPS) is 15.9. The first kappa shape index (κ1) is 3.49. The Labute approximate surface area is 54.1 Å². The van der Waals surface area contributed by atoms with Crippen LogP contribution in [0.4, 0.5) is 0 Å². The molecular formula is C6H12O2. The van der Waals surface area contributed by atoms with Crippen molar-refractivity contribution in [2.45, 2.75) is 26.6 Å². The number of carbonyl (C=O) groups excluding carboxylic acids is 1. The fourth-order valence-corrected chi connectivity index (χ4v) is 0.288. The molecular weight excluding hydrogens is 104 g/mol. The Bertz CT molecular complexity index is 130. The van der Waals surface area contributed by atoms with Gasteiger partial charge < -0.3 is 4.74 Å². The minimum absolute atomic E-state index is 0.0975. The van der Waals surface area contributed by atoms with Gasteiger partial charge in [-0.2, -0.15) is 0 Å². The van der Waals surface area contributed by atoms with Crippen LogP contribution in [0.15, 0.2) is 0 Å². The van der Waals surface area contributed by atoms with E-state index in [1.165, 1.54) is 6.92 Å². The predicted octanol–water partition coefficient (Wildman–Crippen LogP) is 1.35. The topological polar surface area (TPSA) is 26.3 Å². The van der Waals surface area contributed by atoms with Crippen LogP contribution in [0.1, 0.15) is 30.7 Å². The molecule has 0 heterocycles. The third-order valence-electron chi connectivity index (χ3n) is 0.626. The zero-order valence-corrected chi connectivity index (χ0v) is 4.94. The van der Waals surface area contributed by atoms with Gasteiger partial charge in [0.25, 0.3) is 0 Å². The number of carbonyl (C=O) groups is 1. The second kappa shape index (κ2) is 4.62. The zero-order chi connectivity index (χ0) is 8.91. The van der Waals surface area contributed by atoms with Gasteiger partial charge in [0.1, 0.15) is 0 Å². The van der Waals surface area contributed by atoms with Crippen LogP contribution in [0, 0.1) is 0 Å². The Morgan fingerprint density at radius 1 is 1.88 bits per heavy atom. The van der Waals surface area contributed by atoms with Crippen molar-refractivity contribution in [1.82, 2.24) is 0 Å². The van der Waals surface area contributed by atoms with Crippen molar-refractivity contribution >= 4 is 5.97 Å². The Morgan fingerprint density at radius 3 is 3.12 bits per heavy atom. The molecule has 2 nitrogen and oxygen atoms in total. The van der Waals surface area contributed by atoms with E-state index >= 15 is 0 Å². The molecule has 0 radical (unpaired) electrons. The largest absolute Gasteiger partial charge is 0.466 e. The second-order valence-electron chi connectivity index (χ2n) is 1.44. The van der Waals surface area contributed by atoms with E-state index in [1.54, 1.807) is 0 Å². The lowest BCUT2D eigenvalue weighted by atomic mass is 10.4. The van der Waals surface area contributed by atoms with Gasteiger partial charge in [-0.3, -0.25) is 4.79 Å². The highest BCUT2D eigenvalue weighted by molar-refractivity contribution is 5.65. The summed E-state index contributed by atoms with van der Waals surface area (Å²) in [7, 11) is 0. The maximum absolute atomic E-state index is 10.2. The fourth-order valence-electron chi connectivity index (χ4n) is 0.288. The molecule has 0 unspecified atom stereocenters. The molecule has 0 amide bonds. The van der Waals surface area contributed by atoms with Crippen molar-refractivity contribution in [3.8, 4) is 0 Å². The maximum atomic E-state index is 10.2. The van der Waals surface area contributed by atoms with Gasteiger partial charge in [0.05, 0.1) is 6.61 Å². The fraction of sp³-hybridized carbons (Fsp3) is 0.833. The summed E-state index contributed by atoms with van der Waals surface area (Å²) in [6, 6.07) is 0. The molecule has 0 aliphatic heterocycles. The van der Waals surface area contributed by atoms with E-state index in [0.29, 0.717) is 6.42 Å². The summed E-state index contributed by atoms with van der Waals surface area (Å²) in [4.78, 5) is 10.2. The van der Waals surface area contributed by atoms with Crippen LogP contribution < -0.4 is 0 Å². The molecule has 0 aromatic heterocycles. The average molecular weight is 119 g/mol. The molecule has 0 saturated carbocycles. The predicted molar refractivity (Wildman–Crippen MR) is 31.5 cm³/mol. The van der Waals surface area contributed by atoms with E-state index in [-0.39, 0.29) is 19.0 Å². The van der Waals surface area contributed by atoms with Crippen molar-refractivity contribution in [3.63, 3.8) is 0 Å². The van der Waals surface area contributed by atoms with Gasteiger partial charge in [-0.05, 0) is 6.42 Å². The third-order valence-corrected chi connectivity index (χ3v) is 0.626. The van der Waals surface area contributed by atoms with Crippen LogP contribution in [-0.2, 0) is 9.53 Å². The van der Waals surface area contributed by atoms with Crippen LogP contribution in [0.25, 0.3) is 0 Å². The molecule has 0 saturated heterocycles. The van der Waals surface area contributed by atoms with Gasteiger partial charge in [0, 0.05) is 11.0 Å². The molecule has 0 bridgehead atoms. The molecule has 0 spiro atoms. The van der Waals surface area contributed by atoms with E-state index in [9.17, 15) is 4.79 Å². The minimum atomic E-state index is -1.90. The minimum Gasteiger partial charge on any atom is -0.466 e. The van der Waals surface area contributed by atoms with Crippen LogP contribution in [0.2, 0.25) is 0 Å². The van der Waals surface area contributed by atoms with Gasteiger partial charge in [-0.15, -0.1) is 0 Å². The lowest BCUT2D eigenvalue weighted by molar-refractivity contribution is -0.141. The number of esters is 1. The molecule has 0 aromatic rings. The molecule has 0 atom stereocenters. The van der Waals surface area contributed by atoms with E-state index in [4.69, 9.17) is 4.11 Å². The van der Waals surface area contributed by atoms with Crippen LogP contribution in [0.5, 0.6) is 0 Å². The summed E-state index contributed by atoms with van der Waals surface area (Å²) >= 11 is 0. The molecule has 8 heavy (non-hydrogen) atoms.